The summed E-state index contributed by atoms with van der Waals surface area (Å²) in [6.45, 7) is 4.63. The average Bonchev–Trinajstić information content (AvgIpc) is 3.34. The van der Waals surface area contributed by atoms with Gasteiger partial charge in [-0.25, -0.2) is 9.78 Å². The van der Waals surface area contributed by atoms with Crippen LogP contribution < -0.4 is 33.2 Å². The van der Waals surface area contributed by atoms with Crippen LogP contribution in [0, 0.1) is 5.92 Å². The van der Waals surface area contributed by atoms with Crippen LogP contribution in [0.5, 0.6) is 0 Å². The van der Waals surface area contributed by atoms with Gasteiger partial charge in [-0.05, 0) is 64.0 Å². The van der Waals surface area contributed by atoms with E-state index in [4.69, 9.17) is 17.2 Å². The molecule has 0 aromatic carbocycles. The molecular formula is C24H44N8O5. The summed E-state index contributed by atoms with van der Waals surface area (Å²) in [4.78, 5) is 57.4. The third-order valence-corrected chi connectivity index (χ3v) is 5.81. The van der Waals surface area contributed by atoms with E-state index in [-0.39, 0.29) is 25.2 Å². The number of aliphatic carboxylic acids is 1. The minimum absolute atomic E-state index is 0.0321. The lowest BCUT2D eigenvalue weighted by molar-refractivity contribution is -0.142. The average molecular weight is 525 g/mol. The molecule has 0 radical (unpaired) electrons. The van der Waals surface area contributed by atoms with Gasteiger partial charge in [-0.1, -0.05) is 13.8 Å². The number of carbonyl (C=O) groups is 4. The van der Waals surface area contributed by atoms with Gasteiger partial charge in [-0.15, -0.1) is 0 Å². The van der Waals surface area contributed by atoms with Crippen molar-refractivity contribution in [3.05, 3.63) is 18.2 Å². The lowest BCUT2D eigenvalue weighted by Crippen LogP contribution is -2.57. The van der Waals surface area contributed by atoms with Crippen molar-refractivity contribution in [3.63, 3.8) is 0 Å². The molecule has 210 valence electrons. The minimum Gasteiger partial charge on any atom is -0.480 e. The number of hydrogen-bond donors (Lipinski definition) is 8. The van der Waals surface area contributed by atoms with Crippen molar-refractivity contribution in [1.82, 2.24) is 25.9 Å². The maximum Gasteiger partial charge on any atom is 0.326 e. The molecule has 37 heavy (non-hydrogen) atoms. The molecule has 13 nitrogen and oxygen atoms in total. The fourth-order valence-corrected chi connectivity index (χ4v) is 3.76. The molecule has 0 aliphatic carbocycles. The van der Waals surface area contributed by atoms with Crippen LogP contribution in [-0.4, -0.2) is 76.0 Å². The monoisotopic (exact) mass is 524 g/mol. The number of carbonyl (C=O) groups excluding carboxylic acids is 3. The standard InChI is InChI=1S/C24H44N8O5/c1-15(2)11-20(23(35)31-19(24(36)37)8-4-6-10-26)32-22(34)18(7-3-5-9-25)30-21(33)17(27)12-16-13-28-14-29-16/h13-15,17-20H,3-12,25-27H2,1-2H3,(H,28,29)(H,30,33)(H,31,35)(H,32,34)(H,36,37). The van der Waals surface area contributed by atoms with E-state index >= 15 is 0 Å². The third kappa shape index (κ3) is 12.7. The zero-order chi connectivity index (χ0) is 27.8. The lowest BCUT2D eigenvalue weighted by Gasteiger charge is -2.26. The molecular weight excluding hydrogens is 480 g/mol. The Labute approximate surface area is 218 Å². The van der Waals surface area contributed by atoms with Gasteiger partial charge in [0.05, 0.1) is 12.4 Å². The Bertz CT molecular complexity index is 833. The van der Waals surface area contributed by atoms with E-state index in [0.717, 1.165) is 0 Å². The van der Waals surface area contributed by atoms with E-state index in [2.05, 4.69) is 25.9 Å². The topological polar surface area (TPSA) is 231 Å². The number of H-pyrrole nitrogens is 1. The zero-order valence-electron chi connectivity index (χ0n) is 21.9. The predicted octanol–water partition coefficient (Wildman–Crippen LogP) is -0.877. The van der Waals surface area contributed by atoms with Crippen molar-refractivity contribution >= 4 is 23.7 Å². The van der Waals surface area contributed by atoms with Gasteiger partial charge in [0, 0.05) is 18.3 Å². The van der Waals surface area contributed by atoms with E-state index in [1.807, 2.05) is 13.8 Å². The van der Waals surface area contributed by atoms with Gasteiger partial charge in [-0.3, -0.25) is 14.4 Å². The number of aromatic nitrogens is 2. The molecule has 0 aliphatic rings. The van der Waals surface area contributed by atoms with E-state index in [9.17, 15) is 24.3 Å². The first-order chi connectivity index (χ1) is 17.6. The number of unbranched alkanes of at least 4 members (excludes halogenated alkanes) is 2. The van der Waals surface area contributed by atoms with E-state index in [1.54, 1.807) is 6.20 Å². The van der Waals surface area contributed by atoms with Crippen LogP contribution in [0.25, 0.3) is 0 Å². The quantitative estimate of drug-likeness (QED) is 0.105. The minimum atomic E-state index is -1.15. The largest absolute Gasteiger partial charge is 0.480 e. The third-order valence-electron chi connectivity index (χ3n) is 5.81. The van der Waals surface area contributed by atoms with Crippen molar-refractivity contribution in [3.8, 4) is 0 Å². The second kappa shape index (κ2) is 17.4. The molecule has 4 atom stereocenters. The molecule has 11 N–H and O–H groups in total. The number of nitrogens with one attached hydrogen (secondary N) is 4. The normalized spacial score (nSPS) is 14.4. The molecule has 0 saturated carbocycles. The van der Waals surface area contributed by atoms with Crippen LogP contribution >= 0.6 is 0 Å². The molecule has 1 heterocycles. The predicted molar refractivity (Wildman–Crippen MR) is 139 cm³/mol. The van der Waals surface area contributed by atoms with Crippen LogP contribution in [0.15, 0.2) is 12.5 Å². The summed E-state index contributed by atoms with van der Waals surface area (Å²) < 4.78 is 0. The Morgan fingerprint density at radius 2 is 1.43 bits per heavy atom. The number of hydrogen-bond acceptors (Lipinski definition) is 8. The van der Waals surface area contributed by atoms with Crippen molar-refractivity contribution in [2.75, 3.05) is 13.1 Å². The Morgan fingerprint density at radius 1 is 0.892 bits per heavy atom. The number of carboxylic acid groups (broad SMARTS) is 1. The molecule has 4 unspecified atom stereocenters. The number of nitrogens with two attached hydrogens (primary N) is 3. The Balaban J connectivity index is 2.92. The second-order valence-electron chi connectivity index (χ2n) is 9.61. The van der Waals surface area contributed by atoms with Gasteiger partial charge in [0.2, 0.25) is 17.7 Å². The van der Waals surface area contributed by atoms with Gasteiger partial charge in [0.15, 0.2) is 0 Å². The summed E-state index contributed by atoms with van der Waals surface area (Å²) in [6, 6.07) is -3.92. The Morgan fingerprint density at radius 3 is 1.95 bits per heavy atom. The van der Waals surface area contributed by atoms with Crippen LogP contribution in [0.1, 0.15) is 64.5 Å². The molecule has 0 bridgehead atoms. The summed E-state index contributed by atoms with van der Waals surface area (Å²) >= 11 is 0. The maximum atomic E-state index is 13.2. The van der Waals surface area contributed by atoms with Gasteiger partial charge in [-0.2, -0.15) is 0 Å². The number of rotatable bonds is 19. The number of nitrogens with zero attached hydrogens (tertiary/aromatic N) is 1. The smallest absolute Gasteiger partial charge is 0.326 e. The highest BCUT2D eigenvalue weighted by molar-refractivity contribution is 5.94. The Hall–Kier alpha value is -3.03. The number of imidazole rings is 1. The summed E-state index contributed by atoms with van der Waals surface area (Å²) in [5, 5.41) is 17.4. The summed E-state index contributed by atoms with van der Waals surface area (Å²) in [5.41, 5.74) is 17.8. The van der Waals surface area contributed by atoms with Crippen LogP contribution in [0.4, 0.5) is 0 Å². The maximum absolute atomic E-state index is 13.2. The van der Waals surface area contributed by atoms with Crippen molar-refractivity contribution < 1.29 is 24.3 Å². The first-order valence-corrected chi connectivity index (χ1v) is 12.9. The lowest BCUT2D eigenvalue weighted by atomic mass is 10.0. The summed E-state index contributed by atoms with van der Waals surface area (Å²) in [5.74, 6) is -2.78. The van der Waals surface area contributed by atoms with Crippen LogP contribution in [0.3, 0.4) is 0 Å². The molecule has 3 amide bonds. The van der Waals surface area contributed by atoms with Crippen molar-refractivity contribution in [1.29, 1.82) is 0 Å². The van der Waals surface area contributed by atoms with Crippen LogP contribution in [-0.2, 0) is 25.6 Å². The number of carboxylic acids is 1. The zero-order valence-corrected chi connectivity index (χ0v) is 21.9. The molecule has 1 rings (SSSR count). The summed E-state index contributed by atoms with van der Waals surface area (Å²) in [6.07, 6.45) is 6.49. The van der Waals surface area contributed by atoms with Gasteiger partial charge in [0.25, 0.3) is 0 Å². The van der Waals surface area contributed by atoms with E-state index < -0.39 is 47.9 Å². The number of amides is 3. The number of aromatic amines is 1. The fraction of sp³-hybridized carbons (Fsp3) is 0.708. The first-order valence-electron chi connectivity index (χ1n) is 12.9. The summed E-state index contributed by atoms with van der Waals surface area (Å²) in [7, 11) is 0. The van der Waals surface area contributed by atoms with Crippen molar-refractivity contribution in [2.24, 2.45) is 23.1 Å². The highest BCUT2D eigenvalue weighted by atomic mass is 16.4. The molecule has 0 saturated heterocycles. The Kier molecular flexibility index (Phi) is 15.1. The van der Waals surface area contributed by atoms with Gasteiger partial charge >= 0.3 is 5.97 Å². The first kappa shape index (κ1) is 32.0. The van der Waals surface area contributed by atoms with Crippen LogP contribution in [0.2, 0.25) is 0 Å². The fourth-order valence-electron chi connectivity index (χ4n) is 3.76. The van der Waals surface area contributed by atoms with E-state index in [0.29, 0.717) is 50.9 Å². The van der Waals surface area contributed by atoms with Gasteiger partial charge in [0.1, 0.15) is 18.1 Å². The van der Waals surface area contributed by atoms with Gasteiger partial charge < -0.3 is 43.2 Å². The molecule has 0 fully saturated rings. The SMILES string of the molecule is CC(C)CC(NC(=O)C(CCCCN)NC(=O)C(N)Cc1cnc[nH]1)C(=O)NC(CCCCN)C(=O)O. The van der Waals surface area contributed by atoms with Crippen molar-refractivity contribution in [2.45, 2.75) is 89.4 Å². The second-order valence-corrected chi connectivity index (χ2v) is 9.61. The highest BCUT2D eigenvalue weighted by Gasteiger charge is 2.30. The molecule has 0 aliphatic heterocycles. The highest BCUT2D eigenvalue weighted by Crippen LogP contribution is 2.10. The molecule has 0 spiro atoms. The molecule has 1 aromatic rings. The molecule has 13 heteroatoms. The molecule has 1 aromatic heterocycles. The van der Waals surface area contributed by atoms with E-state index in [1.165, 1.54) is 6.33 Å².